The molecule has 0 saturated heterocycles. The zero-order chi connectivity index (χ0) is 21.6. The van der Waals surface area contributed by atoms with Crippen LogP contribution in [0.1, 0.15) is 0 Å². The fraction of sp³-hybridized carbons (Fsp3) is 0.250. The second-order valence-corrected chi connectivity index (χ2v) is 7.19. The van der Waals surface area contributed by atoms with E-state index in [9.17, 15) is 9.50 Å². The van der Waals surface area contributed by atoms with Crippen molar-refractivity contribution in [2.24, 2.45) is 0 Å². The topological polar surface area (TPSA) is 75.7 Å². The lowest BCUT2D eigenvalue weighted by molar-refractivity contribution is 0.105. The van der Waals surface area contributed by atoms with Gasteiger partial charge in [-0.15, -0.1) is 0 Å². The molecule has 0 fully saturated rings. The van der Waals surface area contributed by atoms with E-state index in [1.165, 1.54) is 12.1 Å². The third-order valence-electron chi connectivity index (χ3n) is 4.96. The van der Waals surface area contributed by atoms with E-state index in [0.717, 1.165) is 21.8 Å². The molecule has 0 spiro atoms. The highest BCUT2D eigenvalue weighted by Gasteiger charge is 2.09. The summed E-state index contributed by atoms with van der Waals surface area (Å²) in [7, 11) is 1.60. The van der Waals surface area contributed by atoms with Gasteiger partial charge >= 0.3 is 0 Å². The highest BCUT2D eigenvalue weighted by Crippen LogP contribution is 2.29. The maximum atomic E-state index is 13.6. The normalized spacial score (nSPS) is 12.2. The van der Waals surface area contributed by atoms with Gasteiger partial charge in [0.25, 0.3) is 0 Å². The molecule has 0 saturated carbocycles. The Morgan fingerprint density at radius 3 is 2.52 bits per heavy atom. The van der Waals surface area contributed by atoms with Crippen molar-refractivity contribution in [2.45, 2.75) is 6.10 Å². The fourth-order valence-electron chi connectivity index (χ4n) is 3.43. The minimum atomic E-state index is -0.678. The first-order chi connectivity index (χ1) is 15.1. The molecule has 0 aliphatic carbocycles. The van der Waals surface area contributed by atoms with E-state index in [4.69, 9.17) is 14.2 Å². The molecule has 4 rings (SSSR count). The number of methoxy groups -OCH3 is 1. The van der Waals surface area contributed by atoms with Crippen LogP contribution in [-0.4, -0.2) is 49.6 Å². The lowest BCUT2D eigenvalue weighted by Crippen LogP contribution is -2.33. The molecular formula is C24H25FN2O4. The Kier molecular flexibility index (Phi) is 6.54. The van der Waals surface area contributed by atoms with E-state index >= 15 is 0 Å². The van der Waals surface area contributed by atoms with E-state index in [1.54, 1.807) is 13.2 Å². The van der Waals surface area contributed by atoms with Gasteiger partial charge in [-0.2, -0.15) is 0 Å². The molecule has 1 atom stereocenters. The van der Waals surface area contributed by atoms with Crippen molar-refractivity contribution in [1.29, 1.82) is 0 Å². The lowest BCUT2D eigenvalue weighted by Gasteiger charge is -2.14. The van der Waals surface area contributed by atoms with Crippen molar-refractivity contribution in [3.63, 3.8) is 0 Å². The fourth-order valence-corrected chi connectivity index (χ4v) is 3.43. The first kappa shape index (κ1) is 21.0. The van der Waals surface area contributed by atoms with Crippen LogP contribution in [0.3, 0.4) is 0 Å². The number of fused-ring (bicyclic) bond motifs is 3. The molecule has 4 aromatic rings. The predicted octanol–water partition coefficient (Wildman–Crippen LogP) is 3.88. The smallest absolute Gasteiger partial charge is 0.161 e. The summed E-state index contributed by atoms with van der Waals surface area (Å²) < 4.78 is 30.3. The van der Waals surface area contributed by atoms with Gasteiger partial charge in [-0.05, 0) is 48.5 Å². The number of aliphatic hydroxyl groups is 1. The first-order valence-corrected chi connectivity index (χ1v) is 10.1. The molecule has 1 aromatic heterocycles. The van der Waals surface area contributed by atoms with E-state index in [-0.39, 0.29) is 12.4 Å². The Morgan fingerprint density at radius 2 is 1.71 bits per heavy atom. The average molecular weight is 424 g/mol. The van der Waals surface area contributed by atoms with E-state index in [1.807, 2.05) is 42.5 Å². The molecule has 0 bridgehead atoms. The van der Waals surface area contributed by atoms with Crippen molar-refractivity contribution in [3.05, 3.63) is 66.5 Å². The monoisotopic (exact) mass is 424 g/mol. The maximum Gasteiger partial charge on any atom is 0.161 e. The molecule has 3 N–H and O–H groups in total. The summed E-state index contributed by atoms with van der Waals surface area (Å²) in [5.74, 6) is 1.71. The minimum absolute atomic E-state index is 0.141. The van der Waals surface area contributed by atoms with Crippen molar-refractivity contribution in [3.8, 4) is 17.2 Å². The van der Waals surface area contributed by atoms with Crippen LogP contribution in [0.5, 0.6) is 17.2 Å². The molecule has 7 heteroatoms. The molecule has 162 valence electrons. The number of aromatic amines is 1. The number of aliphatic hydroxyl groups excluding tert-OH is 1. The van der Waals surface area contributed by atoms with Gasteiger partial charge in [0.05, 0.1) is 7.11 Å². The first-order valence-electron chi connectivity index (χ1n) is 10.1. The molecule has 0 aliphatic rings. The Bertz CT molecular complexity index is 1160. The lowest BCUT2D eigenvalue weighted by atomic mass is 10.1. The number of aromatic nitrogens is 1. The number of rotatable bonds is 10. The van der Waals surface area contributed by atoms with E-state index in [2.05, 4.69) is 10.3 Å². The van der Waals surface area contributed by atoms with Gasteiger partial charge in [-0.1, -0.05) is 12.1 Å². The summed E-state index contributed by atoms with van der Waals surface area (Å²) in [6.07, 6.45) is -0.678. The highest BCUT2D eigenvalue weighted by atomic mass is 19.1. The Labute approximate surface area is 179 Å². The van der Waals surface area contributed by atoms with Crippen molar-refractivity contribution in [1.82, 2.24) is 10.3 Å². The number of benzene rings is 3. The summed E-state index contributed by atoms with van der Waals surface area (Å²) >= 11 is 0. The summed E-state index contributed by atoms with van der Waals surface area (Å²) in [4.78, 5) is 3.25. The number of hydrogen-bond acceptors (Lipinski definition) is 5. The molecule has 1 unspecified atom stereocenters. The van der Waals surface area contributed by atoms with Gasteiger partial charge in [-0.3, -0.25) is 0 Å². The van der Waals surface area contributed by atoms with Gasteiger partial charge in [0.2, 0.25) is 0 Å². The largest absolute Gasteiger partial charge is 0.493 e. The molecule has 0 radical (unpaired) electrons. The number of H-pyrrole nitrogens is 1. The van der Waals surface area contributed by atoms with Crippen LogP contribution in [0, 0.1) is 5.82 Å². The average Bonchev–Trinajstić information content (AvgIpc) is 3.15. The summed E-state index contributed by atoms with van der Waals surface area (Å²) in [6, 6.07) is 17.7. The van der Waals surface area contributed by atoms with Crippen LogP contribution >= 0.6 is 0 Å². The van der Waals surface area contributed by atoms with E-state index in [0.29, 0.717) is 36.9 Å². The van der Waals surface area contributed by atoms with Crippen LogP contribution in [0.2, 0.25) is 0 Å². The van der Waals surface area contributed by atoms with Crippen LogP contribution in [0.15, 0.2) is 60.7 Å². The maximum absolute atomic E-state index is 13.6. The molecule has 31 heavy (non-hydrogen) atoms. The summed E-state index contributed by atoms with van der Waals surface area (Å²) in [5.41, 5.74) is 1.78. The molecule has 6 nitrogen and oxygen atoms in total. The zero-order valence-corrected chi connectivity index (χ0v) is 17.2. The third-order valence-corrected chi connectivity index (χ3v) is 4.96. The van der Waals surface area contributed by atoms with Crippen molar-refractivity contribution < 1.29 is 23.7 Å². The molecule has 0 aliphatic heterocycles. The highest BCUT2D eigenvalue weighted by molar-refractivity contribution is 6.07. The van der Waals surface area contributed by atoms with Crippen LogP contribution in [-0.2, 0) is 0 Å². The van der Waals surface area contributed by atoms with E-state index < -0.39 is 6.10 Å². The molecule has 1 heterocycles. The third kappa shape index (κ3) is 5.07. The zero-order valence-electron chi connectivity index (χ0n) is 17.2. The second kappa shape index (κ2) is 9.68. The Morgan fingerprint density at radius 1 is 0.968 bits per heavy atom. The van der Waals surface area contributed by atoms with Crippen LogP contribution < -0.4 is 19.5 Å². The van der Waals surface area contributed by atoms with Gasteiger partial charge in [-0.25, -0.2) is 4.39 Å². The minimum Gasteiger partial charge on any atom is -0.493 e. The molecular weight excluding hydrogens is 399 g/mol. The van der Waals surface area contributed by atoms with Crippen molar-refractivity contribution >= 4 is 21.8 Å². The number of para-hydroxylation sites is 2. The Hall–Kier alpha value is -3.29. The summed E-state index contributed by atoms with van der Waals surface area (Å²) in [5, 5.41) is 15.0. The Balaban J connectivity index is 1.24. The quantitative estimate of drug-likeness (QED) is 0.337. The number of halogens is 1. The number of hydrogen-bond donors (Lipinski definition) is 3. The SMILES string of the molecule is COc1ccccc1OCCNCC(O)COc1ccc2[nH]c3ccc(F)cc3c2c1. The van der Waals surface area contributed by atoms with Crippen molar-refractivity contribution in [2.75, 3.05) is 33.4 Å². The van der Waals surface area contributed by atoms with Crippen LogP contribution in [0.4, 0.5) is 4.39 Å². The second-order valence-electron chi connectivity index (χ2n) is 7.19. The summed E-state index contributed by atoms with van der Waals surface area (Å²) in [6.45, 7) is 1.53. The van der Waals surface area contributed by atoms with Gasteiger partial charge in [0, 0.05) is 34.9 Å². The van der Waals surface area contributed by atoms with Gasteiger partial charge in [0.1, 0.15) is 30.9 Å². The number of ether oxygens (including phenoxy) is 3. The van der Waals surface area contributed by atoms with Gasteiger partial charge < -0.3 is 29.6 Å². The predicted molar refractivity (Wildman–Crippen MR) is 119 cm³/mol. The molecule has 0 amide bonds. The molecule has 3 aromatic carbocycles. The number of nitrogens with one attached hydrogen (secondary N) is 2. The van der Waals surface area contributed by atoms with Crippen LogP contribution in [0.25, 0.3) is 21.8 Å². The van der Waals surface area contributed by atoms with Gasteiger partial charge in [0.15, 0.2) is 11.5 Å². The standard InChI is InChI=1S/C24H25FN2O4/c1-29-23-4-2-3-5-24(23)30-11-10-26-14-17(28)15-31-18-7-9-22-20(13-18)19-12-16(25)6-8-21(19)27-22/h2-9,12-13,17,26-28H,10-11,14-15H2,1H3.